The average molecular weight is 165 g/mol. The summed E-state index contributed by atoms with van der Waals surface area (Å²) in [7, 11) is 0. The molecule has 0 heterocycles. The van der Waals surface area contributed by atoms with Crippen molar-refractivity contribution in [3.8, 4) is 0 Å². The first-order valence-electron chi connectivity index (χ1n) is 3.25. The highest BCUT2D eigenvalue weighted by Gasteiger charge is 2.28. The number of carbonyl (C=O) groups is 1. The molecule has 5 heteroatoms. The zero-order chi connectivity index (χ0) is 9.14. The van der Waals surface area contributed by atoms with E-state index in [0.717, 1.165) is 0 Å². The third-order valence-corrected chi connectivity index (χ3v) is 1.50. The van der Waals surface area contributed by atoms with Crippen LogP contribution in [0.2, 0.25) is 0 Å². The number of hydrogen-bond acceptors (Lipinski definition) is 2. The molecule has 0 saturated heterocycles. The van der Waals surface area contributed by atoms with Crippen LogP contribution in [0.1, 0.15) is 0 Å². The van der Waals surface area contributed by atoms with Crippen LogP contribution in [0.15, 0.2) is 23.9 Å². The fourth-order valence-electron chi connectivity index (χ4n) is 0.914. The van der Waals surface area contributed by atoms with Gasteiger partial charge in [-0.1, -0.05) is 6.08 Å². The molecule has 1 unspecified atom stereocenters. The molecule has 0 aromatic heterocycles. The van der Waals surface area contributed by atoms with Gasteiger partial charge >= 0.3 is 11.7 Å². The van der Waals surface area contributed by atoms with Crippen LogP contribution in [0, 0.1) is 5.92 Å². The Hall–Kier alpha value is -1.87. The number of nitrogens with zero attached hydrogens (tertiary/aromatic N) is 2. The van der Waals surface area contributed by atoms with Crippen molar-refractivity contribution in [2.45, 2.75) is 0 Å². The van der Waals surface area contributed by atoms with E-state index in [9.17, 15) is 4.79 Å². The van der Waals surface area contributed by atoms with E-state index in [4.69, 9.17) is 16.4 Å². The lowest BCUT2D eigenvalue weighted by Gasteiger charge is -2.04. The number of carboxylic acid groups (broad SMARTS) is 1. The minimum atomic E-state index is -1.07. The van der Waals surface area contributed by atoms with Crippen molar-refractivity contribution in [2.75, 3.05) is 0 Å². The summed E-state index contributed by atoms with van der Waals surface area (Å²) in [6, 6.07) is 0. The Kier molecular flexibility index (Phi) is 2.07. The van der Waals surface area contributed by atoms with Gasteiger partial charge in [-0.05, 0) is 6.08 Å². The Morgan fingerprint density at radius 2 is 2.42 bits per heavy atom. The zero-order valence-corrected chi connectivity index (χ0v) is 6.14. The number of hydrogen-bond donors (Lipinski definition) is 2. The third-order valence-electron chi connectivity index (χ3n) is 1.50. The lowest BCUT2D eigenvalue weighted by Crippen LogP contribution is -2.24. The second-order valence-corrected chi connectivity index (χ2v) is 2.34. The highest BCUT2D eigenvalue weighted by molar-refractivity contribution is 6.07. The van der Waals surface area contributed by atoms with Gasteiger partial charge in [-0.25, -0.2) is 0 Å². The van der Waals surface area contributed by atoms with E-state index in [-0.39, 0.29) is 5.71 Å². The van der Waals surface area contributed by atoms with Gasteiger partial charge in [0.1, 0.15) is 0 Å². The number of allylic oxidation sites excluding steroid dienone is 2. The third kappa shape index (κ3) is 1.41. The Labute approximate surface area is 68.4 Å². The lowest BCUT2D eigenvalue weighted by atomic mass is 9.98. The molecule has 3 N–H and O–H groups in total. The van der Waals surface area contributed by atoms with Crippen LogP contribution in [0.3, 0.4) is 0 Å². The minimum absolute atomic E-state index is 0.0440. The van der Waals surface area contributed by atoms with E-state index < -0.39 is 11.9 Å². The molecule has 0 aliphatic heterocycles. The molecule has 62 valence electrons. The molecule has 0 spiro atoms. The molecule has 1 rings (SSSR count). The summed E-state index contributed by atoms with van der Waals surface area (Å²) in [4.78, 5) is 13.3. The normalized spacial score (nSPS) is 21.5. The lowest BCUT2D eigenvalue weighted by molar-refractivity contribution is -0.139. The maximum Gasteiger partial charge on any atom is 0.322 e. The van der Waals surface area contributed by atoms with Gasteiger partial charge in [-0.3, -0.25) is 4.79 Å². The molecule has 0 aromatic rings. The van der Waals surface area contributed by atoms with Crippen LogP contribution in [0.4, 0.5) is 0 Å². The van der Waals surface area contributed by atoms with Gasteiger partial charge in [0.05, 0.1) is 0 Å². The summed E-state index contributed by atoms with van der Waals surface area (Å²) in [5, 5.41) is 8.61. The smallest absolute Gasteiger partial charge is 0.322 e. The predicted octanol–water partition coefficient (Wildman–Crippen LogP) is -0.230. The van der Waals surface area contributed by atoms with Crippen LogP contribution in [0.25, 0.3) is 5.53 Å². The van der Waals surface area contributed by atoms with E-state index >= 15 is 0 Å². The van der Waals surface area contributed by atoms with Crippen molar-refractivity contribution < 1.29 is 14.7 Å². The summed E-state index contributed by atoms with van der Waals surface area (Å²) in [5.41, 5.74) is 14.2. The topological polar surface area (TPSA) is 99.7 Å². The van der Waals surface area contributed by atoms with E-state index in [1.54, 1.807) is 0 Å². The maximum absolute atomic E-state index is 10.5. The predicted molar refractivity (Wildman–Crippen MR) is 41.2 cm³/mol. The van der Waals surface area contributed by atoms with E-state index in [2.05, 4.69) is 4.79 Å². The minimum Gasteiger partial charge on any atom is -0.480 e. The van der Waals surface area contributed by atoms with Crippen molar-refractivity contribution in [3.63, 3.8) is 0 Å². The molecule has 0 aromatic carbocycles. The molecule has 1 aliphatic carbocycles. The average Bonchev–Trinajstić information content (AvgIpc) is 2.03. The standard InChI is InChI=1S/C7H7N3O2/c8-4-1-2-5(7(11)12)6(3-4)10-9/h1-3,5H,8H2,(H,11,12). The monoisotopic (exact) mass is 165 g/mol. The molecule has 1 aliphatic rings. The van der Waals surface area contributed by atoms with Crippen molar-refractivity contribution in [3.05, 3.63) is 29.5 Å². The highest BCUT2D eigenvalue weighted by Crippen LogP contribution is 2.09. The summed E-state index contributed by atoms with van der Waals surface area (Å²) < 4.78 is 0. The first-order chi connectivity index (χ1) is 5.65. The van der Waals surface area contributed by atoms with E-state index in [1.807, 2.05) is 0 Å². The van der Waals surface area contributed by atoms with Crippen molar-refractivity contribution in [1.82, 2.24) is 0 Å². The first-order valence-corrected chi connectivity index (χ1v) is 3.25. The molecule has 0 amide bonds. The van der Waals surface area contributed by atoms with Crippen LogP contribution in [-0.2, 0) is 4.79 Å². The van der Waals surface area contributed by atoms with Gasteiger partial charge in [0.25, 0.3) is 0 Å². The summed E-state index contributed by atoms with van der Waals surface area (Å²) in [6.07, 6.45) is 4.15. The van der Waals surface area contributed by atoms with Crippen molar-refractivity contribution in [2.24, 2.45) is 11.7 Å². The fraction of sp³-hybridized carbons (Fsp3) is 0.143. The SMILES string of the molecule is [N-]=[N+]=C1C=C(N)C=CC1C(=O)O. The Morgan fingerprint density at radius 3 is 2.92 bits per heavy atom. The molecule has 0 fully saturated rings. The number of carboxylic acids is 1. The van der Waals surface area contributed by atoms with Crippen molar-refractivity contribution >= 4 is 11.7 Å². The Morgan fingerprint density at radius 1 is 1.75 bits per heavy atom. The molecular weight excluding hydrogens is 158 g/mol. The van der Waals surface area contributed by atoms with Crippen molar-refractivity contribution in [1.29, 1.82) is 0 Å². The molecule has 5 nitrogen and oxygen atoms in total. The zero-order valence-electron chi connectivity index (χ0n) is 6.14. The number of nitrogens with two attached hydrogens (primary N) is 1. The van der Waals surface area contributed by atoms with Crippen LogP contribution < -0.4 is 5.73 Å². The quantitative estimate of drug-likeness (QED) is 0.414. The number of aliphatic carboxylic acids is 1. The number of rotatable bonds is 1. The van der Waals surface area contributed by atoms with E-state index in [1.165, 1.54) is 18.2 Å². The molecule has 1 atom stereocenters. The Bertz CT molecular complexity index is 324. The molecular formula is C7H7N3O2. The van der Waals surface area contributed by atoms with Crippen LogP contribution in [0.5, 0.6) is 0 Å². The second kappa shape index (κ2) is 3.02. The largest absolute Gasteiger partial charge is 0.480 e. The van der Waals surface area contributed by atoms with Gasteiger partial charge < -0.3 is 16.4 Å². The fourth-order valence-corrected chi connectivity index (χ4v) is 0.914. The molecule has 0 saturated carbocycles. The molecule has 12 heavy (non-hydrogen) atoms. The van der Waals surface area contributed by atoms with Gasteiger partial charge in [0, 0.05) is 11.8 Å². The molecule has 0 radical (unpaired) electrons. The van der Waals surface area contributed by atoms with Gasteiger partial charge in [-0.2, -0.15) is 4.79 Å². The van der Waals surface area contributed by atoms with Gasteiger partial charge in [0.15, 0.2) is 5.92 Å². The summed E-state index contributed by atoms with van der Waals surface area (Å²) >= 11 is 0. The van der Waals surface area contributed by atoms with E-state index in [0.29, 0.717) is 5.70 Å². The maximum atomic E-state index is 10.5. The Balaban J connectivity index is 3.04. The van der Waals surface area contributed by atoms with Gasteiger partial charge in [-0.15, -0.1) is 0 Å². The van der Waals surface area contributed by atoms with Crippen LogP contribution in [-0.4, -0.2) is 21.6 Å². The highest BCUT2D eigenvalue weighted by atomic mass is 16.4. The van der Waals surface area contributed by atoms with Crippen LogP contribution >= 0.6 is 0 Å². The summed E-state index contributed by atoms with van der Waals surface area (Å²) in [5.74, 6) is -1.97. The molecule has 0 bridgehead atoms. The first kappa shape index (κ1) is 8.23. The second-order valence-electron chi connectivity index (χ2n) is 2.34. The van der Waals surface area contributed by atoms with Gasteiger partial charge in [0.2, 0.25) is 0 Å². The summed E-state index contributed by atoms with van der Waals surface area (Å²) in [6.45, 7) is 0.